The number of aromatic amines is 1. The van der Waals surface area contributed by atoms with Crippen LogP contribution in [0.15, 0.2) is 35.5 Å². The number of H-pyrrole nitrogens is 1. The molecule has 1 N–H and O–H groups in total. The van der Waals surface area contributed by atoms with Gasteiger partial charge in [0.05, 0.1) is 12.1 Å². The summed E-state index contributed by atoms with van der Waals surface area (Å²) >= 11 is 0. The van der Waals surface area contributed by atoms with Gasteiger partial charge in [-0.05, 0) is 17.0 Å². The number of benzene rings is 1. The molecule has 0 unspecified atom stereocenters. The third kappa shape index (κ3) is 2.47. The summed E-state index contributed by atoms with van der Waals surface area (Å²) in [6.45, 7) is 0.684. The molecular formula is C14H20N4. The van der Waals surface area contributed by atoms with Crippen molar-refractivity contribution in [2.24, 2.45) is 4.99 Å². The molecule has 0 saturated carbocycles. The molecule has 0 bridgehead atoms. The minimum Gasteiger partial charge on any atom is -0.361 e. The highest BCUT2D eigenvalue weighted by molar-refractivity contribution is 5.83. The molecule has 96 valence electrons. The fourth-order valence-electron chi connectivity index (χ4n) is 2.12. The molecule has 2 aromatic rings. The Bertz CT molecular complexity index is 542. The van der Waals surface area contributed by atoms with Gasteiger partial charge in [-0.3, -0.25) is 0 Å². The fraction of sp³-hybridized carbons (Fsp3) is 0.357. The summed E-state index contributed by atoms with van der Waals surface area (Å²) in [6, 6.07) is 8.39. The number of nitrogens with zero attached hydrogens (tertiary/aromatic N) is 3. The van der Waals surface area contributed by atoms with Gasteiger partial charge in [0.15, 0.2) is 5.96 Å². The Morgan fingerprint density at radius 2 is 1.83 bits per heavy atom. The first-order valence-corrected chi connectivity index (χ1v) is 6.03. The van der Waals surface area contributed by atoms with Crippen LogP contribution < -0.4 is 0 Å². The van der Waals surface area contributed by atoms with Crippen molar-refractivity contribution in [1.29, 1.82) is 0 Å². The zero-order chi connectivity index (χ0) is 13.1. The summed E-state index contributed by atoms with van der Waals surface area (Å²) in [5.74, 6) is 0.971. The number of nitrogens with one attached hydrogen (secondary N) is 1. The molecule has 1 heterocycles. The summed E-state index contributed by atoms with van der Waals surface area (Å²) in [5, 5.41) is 1.24. The van der Waals surface area contributed by atoms with Crippen LogP contribution >= 0.6 is 0 Å². The number of guanidine groups is 1. The second-order valence-corrected chi connectivity index (χ2v) is 4.76. The molecule has 4 nitrogen and oxygen atoms in total. The highest BCUT2D eigenvalue weighted by atomic mass is 15.3. The lowest BCUT2D eigenvalue weighted by molar-refractivity contribution is 0.479. The zero-order valence-electron chi connectivity index (χ0n) is 11.4. The van der Waals surface area contributed by atoms with Gasteiger partial charge in [-0.25, -0.2) is 4.99 Å². The molecule has 18 heavy (non-hydrogen) atoms. The van der Waals surface area contributed by atoms with Gasteiger partial charge in [-0.15, -0.1) is 0 Å². The average molecular weight is 244 g/mol. The number of aromatic nitrogens is 1. The Morgan fingerprint density at radius 1 is 1.11 bits per heavy atom. The predicted molar refractivity (Wildman–Crippen MR) is 76.8 cm³/mol. The quantitative estimate of drug-likeness (QED) is 0.649. The van der Waals surface area contributed by atoms with Crippen LogP contribution in [0.4, 0.5) is 0 Å². The lowest BCUT2D eigenvalue weighted by Gasteiger charge is -2.22. The highest BCUT2D eigenvalue weighted by Gasteiger charge is 2.05. The van der Waals surface area contributed by atoms with E-state index < -0.39 is 0 Å². The first kappa shape index (κ1) is 12.5. The normalized spacial score (nSPS) is 10.4. The van der Waals surface area contributed by atoms with Crippen molar-refractivity contribution in [3.8, 4) is 0 Å². The van der Waals surface area contributed by atoms with E-state index in [-0.39, 0.29) is 0 Å². The topological polar surface area (TPSA) is 34.6 Å². The minimum absolute atomic E-state index is 0.684. The predicted octanol–water partition coefficient (Wildman–Crippen LogP) is 2.15. The lowest BCUT2D eigenvalue weighted by Crippen LogP contribution is -2.35. The van der Waals surface area contributed by atoms with Gasteiger partial charge in [0.25, 0.3) is 0 Å². The highest BCUT2D eigenvalue weighted by Crippen LogP contribution is 2.17. The Morgan fingerprint density at radius 3 is 2.50 bits per heavy atom. The maximum Gasteiger partial charge on any atom is 0.195 e. The summed E-state index contributed by atoms with van der Waals surface area (Å²) in [5.41, 5.74) is 2.40. The van der Waals surface area contributed by atoms with Crippen molar-refractivity contribution in [3.05, 3.63) is 36.0 Å². The Kier molecular flexibility index (Phi) is 3.55. The summed E-state index contributed by atoms with van der Waals surface area (Å²) in [4.78, 5) is 12.0. The van der Waals surface area contributed by atoms with Gasteiger partial charge in [0.1, 0.15) is 0 Å². The SMILES string of the molecule is CN(C)C(=NCc1cccc2cc[nH]c12)N(C)C. The summed E-state index contributed by atoms with van der Waals surface area (Å²) in [7, 11) is 8.03. The molecule has 2 rings (SSSR count). The van der Waals surface area contributed by atoms with Crippen molar-refractivity contribution in [1.82, 2.24) is 14.8 Å². The Labute approximate surface area is 108 Å². The smallest absolute Gasteiger partial charge is 0.195 e. The number of para-hydroxylation sites is 1. The first-order valence-electron chi connectivity index (χ1n) is 6.03. The number of hydrogen-bond donors (Lipinski definition) is 1. The van der Waals surface area contributed by atoms with E-state index >= 15 is 0 Å². The number of rotatable bonds is 2. The van der Waals surface area contributed by atoms with E-state index in [4.69, 9.17) is 0 Å². The van der Waals surface area contributed by atoms with Crippen LogP contribution in [0.1, 0.15) is 5.56 Å². The van der Waals surface area contributed by atoms with E-state index in [1.807, 2.05) is 44.2 Å². The molecule has 0 saturated heterocycles. The van der Waals surface area contributed by atoms with E-state index in [1.165, 1.54) is 16.5 Å². The van der Waals surface area contributed by atoms with Gasteiger partial charge in [0.2, 0.25) is 0 Å². The maximum absolute atomic E-state index is 4.67. The number of aliphatic imine (C=N–C) groups is 1. The minimum atomic E-state index is 0.684. The van der Waals surface area contributed by atoms with Crippen LogP contribution in [0.5, 0.6) is 0 Å². The average Bonchev–Trinajstić information content (AvgIpc) is 2.77. The van der Waals surface area contributed by atoms with Gasteiger partial charge in [-0.1, -0.05) is 18.2 Å². The molecule has 4 heteroatoms. The fourth-order valence-corrected chi connectivity index (χ4v) is 2.12. The molecule has 0 aliphatic carbocycles. The summed E-state index contributed by atoms with van der Waals surface area (Å²) < 4.78 is 0. The van der Waals surface area contributed by atoms with E-state index in [0.29, 0.717) is 6.54 Å². The van der Waals surface area contributed by atoms with E-state index in [1.54, 1.807) is 0 Å². The van der Waals surface area contributed by atoms with Crippen molar-refractivity contribution in [3.63, 3.8) is 0 Å². The Balaban J connectivity index is 2.28. The van der Waals surface area contributed by atoms with Crippen LogP contribution in [-0.2, 0) is 6.54 Å². The molecule has 0 fully saturated rings. The van der Waals surface area contributed by atoms with Crippen molar-refractivity contribution < 1.29 is 0 Å². The van der Waals surface area contributed by atoms with E-state index in [2.05, 4.69) is 34.2 Å². The van der Waals surface area contributed by atoms with Crippen LogP contribution in [0, 0.1) is 0 Å². The second-order valence-electron chi connectivity index (χ2n) is 4.76. The first-order chi connectivity index (χ1) is 8.59. The largest absolute Gasteiger partial charge is 0.361 e. The maximum atomic E-state index is 4.67. The van der Waals surface area contributed by atoms with Crippen molar-refractivity contribution in [2.75, 3.05) is 28.2 Å². The molecule has 0 radical (unpaired) electrons. The van der Waals surface area contributed by atoms with Gasteiger partial charge >= 0.3 is 0 Å². The molecule has 0 atom stereocenters. The van der Waals surface area contributed by atoms with Crippen molar-refractivity contribution >= 4 is 16.9 Å². The van der Waals surface area contributed by atoms with Gasteiger partial charge in [-0.2, -0.15) is 0 Å². The van der Waals surface area contributed by atoms with E-state index in [0.717, 1.165) is 5.96 Å². The number of hydrogen-bond acceptors (Lipinski definition) is 1. The van der Waals surface area contributed by atoms with Crippen LogP contribution in [0.25, 0.3) is 10.9 Å². The monoisotopic (exact) mass is 244 g/mol. The zero-order valence-corrected chi connectivity index (χ0v) is 11.4. The standard InChI is InChI=1S/C14H20N4/c1-17(2)14(18(3)4)16-10-12-7-5-6-11-8-9-15-13(11)12/h5-9,15H,10H2,1-4H3. The molecule has 1 aromatic heterocycles. The second kappa shape index (κ2) is 5.12. The van der Waals surface area contributed by atoms with Crippen LogP contribution in [-0.4, -0.2) is 48.9 Å². The summed E-state index contributed by atoms with van der Waals surface area (Å²) in [6.07, 6.45) is 1.97. The molecule has 0 aliphatic heterocycles. The Hall–Kier alpha value is -1.97. The van der Waals surface area contributed by atoms with Gasteiger partial charge < -0.3 is 14.8 Å². The number of fused-ring (bicyclic) bond motifs is 1. The third-order valence-corrected chi connectivity index (χ3v) is 2.86. The molecular weight excluding hydrogens is 224 g/mol. The third-order valence-electron chi connectivity index (χ3n) is 2.86. The van der Waals surface area contributed by atoms with E-state index in [9.17, 15) is 0 Å². The molecule has 0 spiro atoms. The van der Waals surface area contributed by atoms with Crippen molar-refractivity contribution in [2.45, 2.75) is 6.54 Å². The molecule has 1 aromatic carbocycles. The van der Waals surface area contributed by atoms with Crippen LogP contribution in [0.2, 0.25) is 0 Å². The van der Waals surface area contributed by atoms with Gasteiger partial charge in [0, 0.05) is 34.4 Å². The molecule has 0 amide bonds. The lowest BCUT2D eigenvalue weighted by atomic mass is 10.1. The molecule has 0 aliphatic rings. The van der Waals surface area contributed by atoms with Crippen LogP contribution in [0.3, 0.4) is 0 Å².